The van der Waals surface area contributed by atoms with Crippen LogP contribution in [0.25, 0.3) is 38.6 Å². The Hall–Kier alpha value is -4.18. The summed E-state index contributed by atoms with van der Waals surface area (Å²) in [6.45, 7) is 0. The van der Waals surface area contributed by atoms with E-state index in [0.717, 1.165) is 43.8 Å². The van der Waals surface area contributed by atoms with Crippen LogP contribution in [0, 0.1) is 0 Å². The average Bonchev–Trinajstić information content (AvgIpc) is 3.35. The zero-order valence-electron chi connectivity index (χ0n) is 16.8. The maximum absolute atomic E-state index is 13.1. The molecule has 1 aromatic heterocycles. The van der Waals surface area contributed by atoms with Crippen LogP contribution >= 0.6 is 0 Å². The van der Waals surface area contributed by atoms with E-state index in [2.05, 4.69) is 4.99 Å². The maximum Gasteiger partial charge on any atom is 0.279 e. The number of furan rings is 1. The number of para-hydroxylation sites is 1. The molecule has 4 aromatic carbocycles. The first-order valence-electron chi connectivity index (χ1n) is 10.1. The first kappa shape index (κ1) is 17.7. The number of hydrogen-bond donors (Lipinski definition) is 0. The zero-order chi connectivity index (χ0) is 20.9. The second-order valence-electron chi connectivity index (χ2n) is 7.51. The van der Waals surface area contributed by atoms with Crippen LogP contribution in [0.4, 0.5) is 0 Å². The molecule has 0 N–H and O–H groups in total. The molecule has 4 nitrogen and oxygen atoms in total. The van der Waals surface area contributed by atoms with Crippen LogP contribution in [0.2, 0.25) is 0 Å². The average molecular weight is 403 g/mol. The molecule has 1 aliphatic heterocycles. The van der Waals surface area contributed by atoms with E-state index in [0.29, 0.717) is 16.7 Å². The predicted molar refractivity (Wildman–Crippen MR) is 120 cm³/mol. The van der Waals surface area contributed by atoms with Crippen molar-refractivity contribution in [3.63, 3.8) is 0 Å². The third kappa shape index (κ3) is 2.62. The lowest BCUT2D eigenvalue weighted by Crippen LogP contribution is -2.22. The van der Waals surface area contributed by atoms with E-state index in [1.165, 1.54) is 0 Å². The molecule has 2 heterocycles. The molecule has 0 aliphatic carbocycles. The van der Waals surface area contributed by atoms with Gasteiger partial charge in [-0.25, -0.2) is 4.99 Å². The minimum atomic E-state index is -0.244. The molecule has 0 saturated heterocycles. The third-order valence-corrected chi connectivity index (χ3v) is 5.77. The minimum absolute atomic E-state index is 0.244. The van der Waals surface area contributed by atoms with Crippen molar-refractivity contribution in [3.05, 3.63) is 101 Å². The van der Waals surface area contributed by atoms with Crippen molar-refractivity contribution in [1.29, 1.82) is 0 Å². The number of ether oxygens (including phenoxy) is 1. The van der Waals surface area contributed by atoms with Crippen molar-refractivity contribution in [2.45, 2.75) is 0 Å². The molecule has 0 spiro atoms. The van der Waals surface area contributed by atoms with Crippen LogP contribution in [-0.4, -0.2) is 13.0 Å². The molecule has 0 radical (unpaired) electrons. The van der Waals surface area contributed by atoms with Crippen molar-refractivity contribution in [1.82, 2.24) is 0 Å². The topological polar surface area (TPSA) is 51.8 Å². The van der Waals surface area contributed by atoms with E-state index in [4.69, 9.17) is 9.15 Å². The lowest BCUT2D eigenvalue weighted by Gasteiger charge is -2.07. The van der Waals surface area contributed by atoms with Gasteiger partial charge in [-0.15, -0.1) is 0 Å². The highest BCUT2D eigenvalue weighted by molar-refractivity contribution is 6.28. The van der Waals surface area contributed by atoms with E-state index in [9.17, 15) is 4.79 Å². The fourth-order valence-electron chi connectivity index (χ4n) is 4.37. The predicted octanol–water partition coefficient (Wildman–Crippen LogP) is 4.62. The fourth-order valence-corrected chi connectivity index (χ4v) is 4.37. The van der Waals surface area contributed by atoms with Gasteiger partial charge in [-0.2, -0.15) is 0 Å². The number of carbonyl (C=O) groups excluding carboxylic acids is 1. The van der Waals surface area contributed by atoms with Crippen LogP contribution < -0.4 is 15.3 Å². The van der Waals surface area contributed by atoms with Crippen LogP contribution in [0.3, 0.4) is 0 Å². The van der Waals surface area contributed by atoms with Crippen molar-refractivity contribution in [2.24, 2.45) is 4.99 Å². The van der Waals surface area contributed by atoms with Gasteiger partial charge in [0.05, 0.1) is 18.0 Å². The standard InChI is InChI=1S/C27H17NO3/c1-30-18-12-13-19-17(15-18)11-14-22-23(19)25(26(31-22)16-7-3-2-4-8-16)24-20-9-5-6-10-21(20)28-27(24)29/h2-15H,1H3. The number of carbonyl (C=O) groups is 1. The molecule has 1 aliphatic rings. The number of benzene rings is 4. The molecule has 0 bridgehead atoms. The summed E-state index contributed by atoms with van der Waals surface area (Å²) < 4.78 is 11.8. The van der Waals surface area contributed by atoms with Gasteiger partial charge in [-0.3, -0.25) is 4.79 Å². The fraction of sp³-hybridized carbons (Fsp3) is 0.0370. The Kier molecular flexibility index (Phi) is 3.80. The molecule has 148 valence electrons. The molecular formula is C27H17NO3. The Morgan fingerprint density at radius 1 is 0.871 bits per heavy atom. The number of methoxy groups -OCH3 is 1. The Labute approximate surface area is 177 Å². The zero-order valence-corrected chi connectivity index (χ0v) is 16.8. The van der Waals surface area contributed by atoms with Crippen molar-refractivity contribution >= 4 is 33.2 Å². The Morgan fingerprint density at radius 3 is 2.52 bits per heavy atom. The van der Waals surface area contributed by atoms with Gasteiger partial charge in [0.2, 0.25) is 0 Å². The van der Waals surface area contributed by atoms with Gasteiger partial charge in [-0.05, 0) is 41.1 Å². The van der Waals surface area contributed by atoms with Gasteiger partial charge in [0.1, 0.15) is 17.1 Å². The molecule has 6 rings (SSSR count). The molecular weight excluding hydrogens is 386 g/mol. The Morgan fingerprint density at radius 2 is 1.68 bits per heavy atom. The van der Waals surface area contributed by atoms with E-state index < -0.39 is 0 Å². The highest BCUT2D eigenvalue weighted by atomic mass is 16.5. The SMILES string of the molecule is COc1ccc2c(ccc3oc(-c4ccccc4)c(C4=c5ccccc5=NC4=O)c32)c1. The van der Waals surface area contributed by atoms with Gasteiger partial charge in [-0.1, -0.05) is 54.6 Å². The number of hydrogen-bond acceptors (Lipinski definition) is 3. The van der Waals surface area contributed by atoms with Crippen molar-refractivity contribution in [3.8, 4) is 17.1 Å². The second-order valence-corrected chi connectivity index (χ2v) is 7.51. The van der Waals surface area contributed by atoms with Crippen LogP contribution in [0.1, 0.15) is 5.56 Å². The first-order chi connectivity index (χ1) is 15.2. The molecule has 0 atom stereocenters. The summed E-state index contributed by atoms with van der Waals surface area (Å²) in [5.74, 6) is 1.21. The van der Waals surface area contributed by atoms with Gasteiger partial charge in [0.15, 0.2) is 0 Å². The molecule has 31 heavy (non-hydrogen) atoms. The summed E-state index contributed by atoms with van der Waals surface area (Å²) in [4.78, 5) is 17.4. The van der Waals surface area contributed by atoms with Gasteiger partial charge < -0.3 is 9.15 Å². The van der Waals surface area contributed by atoms with E-state index in [-0.39, 0.29) is 5.91 Å². The second kappa shape index (κ2) is 6.67. The third-order valence-electron chi connectivity index (χ3n) is 5.77. The van der Waals surface area contributed by atoms with Gasteiger partial charge in [0, 0.05) is 21.7 Å². The quantitative estimate of drug-likeness (QED) is 0.442. The van der Waals surface area contributed by atoms with E-state index >= 15 is 0 Å². The first-order valence-corrected chi connectivity index (χ1v) is 10.1. The monoisotopic (exact) mass is 403 g/mol. The number of nitrogens with zero attached hydrogens (tertiary/aromatic N) is 1. The summed E-state index contributed by atoms with van der Waals surface area (Å²) >= 11 is 0. The summed E-state index contributed by atoms with van der Waals surface area (Å²) in [7, 11) is 1.65. The number of amides is 1. The maximum atomic E-state index is 13.1. The Bertz CT molecular complexity index is 1630. The molecule has 0 unspecified atom stereocenters. The Balaban J connectivity index is 1.82. The minimum Gasteiger partial charge on any atom is -0.497 e. The molecule has 4 heteroatoms. The lowest BCUT2D eigenvalue weighted by atomic mass is 9.94. The van der Waals surface area contributed by atoms with Crippen LogP contribution in [-0.2, 0) is 4.79 Å². The smallest absolute Gasteiger partial charge is 0.279 e. The lowest BCUT2D eigenvalue weighted by molar-refractivity contribution is -0.112. The highest BCUT2D eigenvalue weighted by Gasteiger charge is 2.28. The van der Waals surface area contributed by atoms with Crippen molar-refractivity contribution < 1.29 is 13.9 Å². The van der Waals surface area contributed by atoms with Gasteiger partial charge >= 0.3 is 0 Å². The largest absolute Gasteiger partial charge is 0.497 e. The number of fused-ring (bicyclic) bond motifs is 4. The van der Waals surface area contributed by atoms with Crippen molar-refractivity contribution in [2.75, 3.05) is 7.11 Å². The summed E-state index contributed by atoms with van der Waals surface area (Å²) in [5.41, 5.74) is 3.02. The van der Waals surface area contributed by atoms with Gasteiger partial charge in [0.25, 0.3) is 5.91 Å². The van der Waals surface area contributed by atoms with Crippen LogP contribution in [0.5, 0.6) is 5.75 Å². The summed E-state index contributed by atoms with van der Waals surface area (Å²) in [6.07, 6.45) is 0. The van der Waals surface area contributed by atoms with Crippen LogP contribution in [0.15, 0.2) is 94.3 Å². The normalized spacial score (nSPS) is 12.9. The molecule has 1 amide bonds. The van der Waals surface area contributed by atoms with E-state index in [1.807, 2.05) is 84.9 Å². The molecule has 0 fully saturated rings. The molecule has 0 saturated carbocycles. The van der Waals surface area contributed by atoms with E-state index in [1.54, 1.807) is 7.11 Å². The summed E-state index contributed by atoms with van der Waals surface area (Å²) in [6, 6.07) is 27.4. The highest BCUT2D eigenvalue weighted by Crippen LogP contribution is 2.41. The molecule has 5 aromatic rings. The number of rotatable bonds is 3. The summed E-state index contributed by atoms with van der Waals surface area (Å²) in [5, 5.41) is 4.46.